The molecule has 0 aliphatic rings. The maximum Gasteiger partial charge on any atom is 0.126 e. The van der Waals surface area contributed by atoms with Crippen LogP contribution in [-0.4, -0.2) is 10.2 Å². The van der Waals surface area contributed by atoms with Crippen molar-refractivity contribution in [2.45, 2.75) is 68.2 Å². The highest BCUT2D eigenvalue weighted by molar-refractivity contribution is 5.76. The van der Waals surface area contributed by atoms with Crippen molar-refractivity contribution >= 4 is 0 Å². The molecule has 2 nitrogen and oxygen atoms in total. The normalized spacial score (nSPS) is 11.2. The van der Waals surface area contributed by atoms with Gasteiger partial charge in [-0.25, -0.2) is 0 Å². The van der Waals surface area contributed by atoms with Crippen molar-refractivity contribution in [3.8, 4) is 22.6 Å². The number of benzene rings is 4. The number of phenols is 2. The Morgan fingerprint density at radius 2 is 1.08 bits per heavy atom. The van der Waals surface area contributed by atoms with Gasteiger partial charge in [0.15, 0.2) is 0 Å². The number of rotatable bonds is 5. The number of hydrogen-bond donors (Lipinski definition) is 2. The van der Waals surface area contributed by atoms with Gasteiger partial charge in [0.2, 0.25) is 0 Å². The third kappa shape index (κ3) is 5.04. The molecule has 4 rings (SSSR count). The average Bonchev–Trinajstić information content (AvgIpc) is 2.80. The van der Waals surface area contributed by atoms with Crippen molar-refractivity contribution in [2.24, 2.45) is 0 Å². The first kappa shape index (κ1) is 25.6. The summed E-state index contributed by atoms with van der Waals surface area (Å²) in [4.78, 5) is 0. The molecule has 0 amide bonds. The summed E-state index contributed by atoms with van der Waals surface area (Å²) in [5, 5.41) is 21.0. The van der Waals surface area contributed by atoms with E-state index in [1.54, 1.807) is 0 Å². The Kier molecular flexibility index (Phi) is 7.00. The van der Waals surface area contributed by atoms with E-state index in [-0.39, 0.29) is 0 Å². The second kappa shape index (κ2) is 9.85. The summed E-state index contributed by atoms with van der Waals surface area (Å²) >= 11 is 0. The van der Waals surface area contributed by atoms with Crippen LogP contribution in [0.2, 0.25) is 0 Å². The smallest absolute Gasteiger partial charge is 0.126 e. The van der Waals surface area contributed by atoms with Gasteiger partial charge in [0.25, 0.3) is 0 Å². The summed E-state index contributed by atoms with van der Waals surface area (Å²) in [5.74, 6) is 0.722. The van der Waals surface area contributed by atoms with Crippen LogP contribution in [-0.2, 0) is 12.8 Å². The zero-order valence-corrected chi connectivity index (χ0v) is 22.9. The molecule has 0 aliphatic carbocycles. The van der Waals surface area contributed by atoms with Gasteiger partial charge in [0.1, 0.15) is 11.5 Å². The first-order chi connectivity index (χ1) is 16.9. The fourth-order valence-corrected chi connectivity index (χ4v) is 5.20. The SMILES string of the molecule is Cc1cc(C)c(-c2cc(Cc3cc(C)c(C)c(Cc4cc(C)c(O)cc4C)c3)cc(C)c2O)cc1C. The number of aryl methyl sites for hydroxylation is 7. The summed E-state index contributed by atoms with van der Waals surface area (Å²) < 4.78 is 0. The molecule has 0 radical (unpaired) electrons. The molecule has 4 aromatic rings. The van der Waals surface area contributed by atoms with E-state index >= 15 is 0 Å². The van der Waals surface area contributed by atoms with E-state index in [1.807, 2.05) is 19.9 Å². The highest BCUT2D eigenvalue weighted by atomic mass is 16.3. The zero-order chi connectivity index (χ0) is 26.3. The van der Waals surface area contributed by atoms with Gasteiger partial charge >= 0.3 is 0 Å². The first-order valence-corrected chi connectivity index (χ1v) is 12.7. The highest BCUT2D eigenvalue weighted by Gasteiger charge is 2.15. The van der Waals surface area contributed by atoms with E-state index in [1.165, 1.54) is 50.1 Å². The molecular formula is C34H38O2. The second-order valence-corrected chi connectivity index (χ2v) is 10.7. The largest absolute Gasteiger partial charge is 0.508 e. The van der Waals surface area contributed by atoms with Crippen LogP contribution < -0.4 is 0 Å². The summed E-state index contributed by atoms with van der Waals surface area (Å²) in [6.45, 7) is 16.8. The van der Waals surface area contributed by atoms with Crippen molar-refractivity contribution in [3.63, 3.8) is 0 Å². The Labute approximate surface area is 216 Å². The van der Waals surface area contributed by atoms with Gasteiger partial charge in [-0.2, -0.15) is 0 Å². The maximum absolute atomic E-state index is 11.0. The number of phenolic OH excluding ortho intramolecular Hbond substituents is 2. The van der Waals surface area contributed by atoms with Gasteiger partial charge < -0.3 is 10.2 Å². The lowest BCUT2D eigenvalue weighted by Gasteiger charge is -2.17. The van der Waals surface area contributed by atoms with Crippen molar-refractivity contribution in [2.75, 3.05) is 0 Å². The van der Waals surface area contributed by atoms with Crippen molar-refractivity contribution < 1.29 is 10.2 Å². The van der Waals surface area contributed by atoms with Gasteiger partial charge in [0.05, 0.1) is 0 Å². The van der Waals surface area contributed by atoms with Gasteiger partial charge in [-0.1, -0.05) is 36.4 Å². The molecule has 4 aromatic carbocycles. The molecule has 186 valence electrons. The monoisotopic (exact) mass is 478 g/mol. The van der Waals surface area contributed by atoms with Crippen molar-refractivity contribution in [1.82, 2.24) is 0 Å². The molecule has 36 heavy (non-hydrogen) atoms. The molecule has 0 heterocycles. The Morgan fingerprint density at radius 1 is 0.444 bits per heavy atom. The van der Waals surface area contributed by atoms with Gasteiger partial charge in [-0.15, -0.1) is 0 Å². The standard InChI is InChI=1S/C34H38O2/c1-19-9-23(5)31(13-20(19)2)32-17-28(11-25(7)34(32)36)15-27-10-21(3)26(8)30(16-27)18-29-12-24(6)33(35)14-22(29)4/h9-14,16-17,35-36H,15,18H2,1-8H3. The first-order valence-electron chi connectivity index (χ1n) is 12.7. The third-order valence-corrected chi connectivity index (χ3v) is 7.77. The predicted octanol–water partition coefficient (Wildman–Crippen LogP) is 8.41. The summed E-state index contributed by atoms with van der Waals surface area (Å²) in [7, 11) is 0. The number of aromatic hydroxyl groups is 2. The van der Waals surface area contributed by atoms with Crippen LogP contribution >= 0.6 is 0 Å². The Morgan fingerprint density at radius 3 is 1.81 bits per heavy atom. The van der Waals surface area contributed by atoms with Gasteiger partial charge in [-0.05, 0) is 153 Å². The predicted molar refractivity (Wildman–Crippen MR) is 152 cm³/mol. The van der Waals surface area contributed by atoms with Crippen LogP contribution in [0.15, 0.2) is 48.5 Å². The lowest BCUT2D eigenvalue weighted by atomic mass is 9.89. The van der Waals surface area contributed by atoms with E-state index in [4.69, 9.17) is 0 Å². The third-order valence-electron chi connectivity index (χ3n) is 7.77. The molecule has 2 N–H and O–H groups in total. The molecule has 0 aliphatic heterocycles. The molecule has 0 bridgehead atoms. The Bertz CT molecular complexity index is 1470. The quantitative estimate of drug-likeness (QED) is 0.302. The fraction of sp³-hybridized carbons (Fsp3) is 0.294. The van der Waals surface area contributed by atoms with Crippen LogP contribution in [0.3, 0.4) is 0 Å². The van der Waals surface area contributed by atoms with Crippen LogP contribution in [0.4, 0.5) is 0 Å². The molecule has 0 aromatic heterocycles. The van der Waals surface area contributed by atoms with Crippen LogP contribution in [0.25, 0.3) is 11.1 Å². The minimum absolute atomic E-state index is 0.357. The van der Waals surface area contributed by atoms with Gasteiger partial charge in [0, 0.05) is 5.56 Å². The lowest BCUT2D eigenvalue weighted by molar-refractivity contribution is 0.470. The molecule has 0 atom stereocenters. The molecule has 0 unspecified atom stereocenters. The van der Waals surface area contributed by atoms with E-state index in [2.05, 4.69) is 84.0 Å². The zero-order valence-electron chi connectivity index (χ0n) is 22.9. The minimum Gasteiger partial charge on any atom is -0.508 e. The average molecular weight is 479 g/mol. The molecule has 0 fully saturated rings. The molecule has 0 saturated heterocycles. The van der Waals surface area contributed by atoms with E-state index in [0.29, 0.717) is 11.5 Å². The number of hydrogen-bond acceptors (Lipinski definition) is 2. The Hall–Kier alpha value is -3.52. The maximum atomic E-state index is 11.0. The van der Waals surface area contributed by atoms with E-state index in [0.717, 1.165) is 40.7 Å². The van der Waals surface area contributed by atoms with Crippen LogP contribution in [0, 0.1) is 55.4 Å². The molecule has 2 heteroatoms. The molecular weight excluding hydrogens is 440 g/mol. The summed E-state index contributed by atoms with van der Waals surface area (Å²) in [6, 6.07) is 17.2. The summed E-state index contributed by atoms with van der Waals surface area (Å²) in [6.07, 6.45) is 1.65. The van der Waals surface area contributed by atoms with E-state index in [9.17, 15) is 10.2 Å². The molecule has 0 spiro atoms. The second-order valence-electron chi connectivity index (χ2n) is 10.7. The van der Waals surface area contributed by atoms with Crippen molar-refractivity contribution in [3.05, 3.63) is 115 Å². The minimum atomic E-state index is 0.357. The van der Waals surface area contributed by atoms with Crippen molar-refractivity contribution in [1.29, 1.82) is 0 Å². The molecule has 0 saturated carbocycles. The lowest BCUT2D eigenvalue weighted by Crippen LogP contribution is -2.01. The van der Waals surface area contributed by atoms with E-state index < -0.39 is 0 Å². The topological polar surface area (TPSA) is 40.5 Å². The van der Waals surface area contributed by atoms with Gasteiger partial charge in [-0.3, -0.25) is 0 Å². The summed E-state index contributed by atoms with van der Waals surface area (Å²) in [5.41, 5.74) is 16.3. The van der Waals surface area contributed by atoms with Crippen LogP contribution in [0.1, 0.15) is 66.8 Å². The van der Waals surface area contributed by atoms with Crippen LogP contribution in [0.5, 0.6) is 11.5 Å². The fourth-order valence-electron chi connectivity index (χ4n) is 5.20. The Balaban J connectivity index is 1.73. The highest BCUT2D eigenvalue weighted by Crippen LogP contribution is 2.37.